The maximum absolute atomic E-state index is 12.1. The molecule has 1 unspecified atom stereocenters. The fourth-order valence-corrected chi connectivity index (χ4v) is 3.34. The summed E-state index contributed by atoms with van der Waals surface area (Å²) < 4.78 is 0. The van der Waals surface area contributed by atoms with Crippen LogP contribution in [0.15, 0.2) is 0 Å². The Morgan fingerprint density at radius 2 is 1.75 bits per heavy atom. The quantitative estimate of drug-likeness (QED) is 0.757. The van der Waals surface area contributed by atoms with Gasteiger partial charge in [0.25, 0.3) is 0 Å². The number of hydrogen-bond donors (Lipinski definition) is 2. The Balaban J connectivity index is 2.33. The topological polar surface area (TPSA) is 55.1 Å². The summed E-state index contributed by atoms with van der Waals surface area (Å²) in [6.45, 7) is 8.65. The Morgan fingerprint density at radius 1 is 1.20 bits per heavy atom. The van der Waals surface area contributed by atoms with E-state index in [4.69, 9.17) is 5.73 Å². The van der Waals surface area contributed by atoms with E-state index in [2.05, 4.69) is 33.0 Å². The highest BCUT2D eigenvalue weighted by atomic mass is 16.1. The predicted molar refractivity (Wildman–Crippen MR) is 85.5 cm³/mol. The van der Waals surface area contributed by atoms with Gasteiger partial charge >= 0.3 is 0 Å². The van der Waals surface area contributed by atoms with Crippen LogP contribution in [-0.2, 0) is 4.79 Å². The van der Waals surface area contributed by atoms with Gasteiger partial charge in [0.05, 0.1) is 0 Å². The Bertz CT molecular complexity index is 288. The van der Waals surface area contributed by atoms with Crippen LogP contribution >= 0.6 is 0 Å². The van der Waals surface area contributed by atoms with Gasteiger partial charge in [-0.15, -0.1) is 0 Å². The van der Waals surface area contributed by atoms with E-state index in [-0.39, 0.29) is 17.4 Å². The third-order valence-corrected chi connectivity index (χ3v) is 4.32. The summed E-state index contributed by atoms with van der Waals surface area (Å²) in [6.07, 6.45) is 9.20. The molecule has 0 aromatic heterocycles. The number of hydrogen-bond acceptors (Lipinski definition) is 2. The lowest BCUT2D eigenvalue weighted by molar-refractivity contribution is -0.122. The number of nitrogens with one attached hydrogen (secondary N) is 1. The molecule has 1 aliphatic rings. The molecular formula is C17H34N2O. The lowest BCUT2D eigenvalue weighted by Gasteiger charge is -2.26. The van der Waals surface area contributed by atoms with E-state index in [1.165, 1.54) is 38.5 Å². The van der Waals surface area contributed by atoms with Gasteiger partial charge in [0.1, 0.15) is 0 Å². The first kappa shape index (κ1) is 17.5. The standard InChI is InChI=1S/C17H34N2O/c1-13(14-9-7-5-6-8-10-14)19-16(20)11-15(18)12-17(2,3)4/h13-15H,5-12,18H2,1-4H3,(H,19,20)/t13-,15?/m0/s1. The van der Waals surface area contributed by atoms with Crippen molar-refractivity contribution in [3.8, 4) is 0 Å². The van der Waals surface area contributed by atoms with Crippen LogP contribution in [0.1, 0.15) is 79.1 Å². The van der Waals surface area contributed by atoms with Gasteiger partial charge in [-0.1, -0.05) is 46.5 Å². The van der Waals surface area contributed by atoms with Crippen LogP contribution in [0, 0.1) is 11.3 Å². The van der Waals surface area contributed by atoms with Crippen molar-refractivity contribution in [3.05, 3.63) is 0 Å². The molecule has 118 valence electrons. The van der Waals surface area contributed by atoms with E-state index < -0.39 is 0 Å². The van der Waals surface area contributed by atoms with Crippen molar-refractivity contribution in [2.24, 2.45) is 17.1 Å². The van der Waals surface area contributed by atoms with E-state index in [1.54, 1.807) is 0 Å². The van der Waals surface area contributed by atoms with Crippen molar-refractivity contribution in [3.63, 3.8) is 0 Å². The zero-order valence-electron chi connectivity index (χ0n) is 13.9. The molecule has 20 heavy (non-hydrogen) atoms. The van der Waals surface area contributed by atoms with Crippen molar-refractivity contribution in [1.29, 1.82) is 0 Å². The van der Waals surface area contributed by atoms with E-state index >= 15 is 0 Å². The Morgan fingerprint density at radius 3 is 2.25 bits per heavy atom. The molecule has 0 heterocycles. The summed E-state index contributed by atoms with van der Waals surface area (Å²) in [5.74, 6) is 0.777. The highest BCUT2D eigenvalue weighted by Crippen LogP contribution is 2.25. The number of carbonyl (C=O) groups is 1. The molecule has 0 radical (unpaired) electrons. The Hall–Kier alpha value is -0.570. The minimum absolute atomic E-state index is 0.0312. The van der Waals surface area contributed by atoms with Gasteiger partial charge in [0, 0.05) is 18.5 Å². The monoisotopic (exact) mass is 282 g/mol. The fraction of sp³-hybridized carbons (Fsp3) is 0.941. The second kappa shape index (κ2) is 8.02. The number of carbonyl (C=O) groups excluding carboxylic acids is 1. The number of amides is 1. The maximum Gasteiger partial charge on any atom is 0.221 e. The largest absolute Gasteiger partial charge is 0.353 e. The van der Waals surface area contributed by atoms with Gasteiger partial charge in [-0.05, 0) is 37.5 Å². The second-order valence-electron chi connectivity index (χ2n) is 7.84. The molecule has 1 rings (SSSR count). The molecule has 0 saturated heterocycles. The highest BCUT2D eigenvalue weighted by molar-refractivity contribution is 5.76. The van der Waals surface area contributed by atoms with Crippen molar-refractivity contribution in [2.75, 3.05) is 0 Å². The molecular weight excluding hydrogens is 248 g/mol. The van der Waals surface area contributed by atoms with Crippen LogP contribution < -0.4 is 11.1 Å². The van der Waals surface area contributed by atoms with E-state index in [0.717, 1.165) is 6.42 Å². The summed E-state index contributed by atoms with van der Waals surface area (Å²) in [4.78, 5) is 12.1. The molecule has 1 aliphatic carbocycles. The van der Waals surface area contributed by atoms with Crippen LogP contribution in [0.3, 0.4) is 0 Å². The molecule has 0 aromatic rings. The third kappa shape index (κ3) is 7.28. The summed E-state index contributed by atoms with van der Waals surface area (Å²) >= 11 is 0. The zero-order chi connectivity index (χ0) is 15.2. The summed E-state index contributed by atoms with van der Waals surface area (Å²) in [6, 6.07) is 0.263. The molecule has 2 atom stereocenters. The van der Waals surface area contributed by atoms with Gasteiger partial charge in [-0.2, -0.15) is 0 Å². The van der Waals surface area contributed by atoms with E-state index in [0.29, 0.717) is 18.4 Å². The molecule has 0 spiro atoms. The van der Waals surface area contributed by atoms with Crippen molar-refractivity contribution in [1.82, 2.24) is 5.32 Å². The molecule has 3 nitrogen and oxygen atoms in total. The molecule has 1 amide bonds. The second-order valence-corrected chi connectivity index (χ2v) is 7.84. The lowest BCUT2D eigenvalue weighted by Crippen LogP contribution is -2.41. The van der Waals surface area contributed by atoms with E-state index in [1.807, 2.05) is 0 Å². The fourth-order valence-electron chi connectivity index (χ4n) is 3.34. The summed E-state index contributed by atoms with van der Waals surface area (Å²) in [5.41, 5.74) is 6.27. The molecule has 1 saturated carbocycles. The van der Waals surface area contributed by atoms with Gasteiger partial charge in [0.2, 0.25) is 5.91 Å². The minimum Gasteiger partial charge on any atom is -0.353 e. The molecule has 0 aromatic carbocycles. The van der Waals surface area contributed by atoms with E-state index in [9.17, 15) is 4.79 Å². The van der Waals surface area contributed by atoms with Crippen LogP contribution in [0.5, 0.6) is 0 Å². The molecule has 3 heteroatoms. The smallest absolute Gasteiger partial charge is 0.221 e. The first-order valence-corrected chi connectivity index (χ1v) is 8.33. The summed E-state index contributed by atoms with van der Waals surface area (Å²) in [7, 11) is 0. The molecule has 0 bridgehead atoms. The zero-order valence-corrected chi connectivity index (χ0v) is 13.9. The molecule has 3 N–H and O–H groups in total. The van der Waals surface area contributed by atoms with Gasteiger partial charge < -0.3 is 11.1 Å². The van der Waals surface area contributed by atoms with Crippen molar-refractivity contribution >= 4 is 5.91 Å². The highest BCUT2D eigenvalue weighted by Gasteiger charge is 2.22. The van der Waals surface area contributed by atoms with Gasteiger partial charge in [0.15, 0.2) is 0 Å². The number of nitrogens with two attached hydrogens (primary N) is 1. The van der Waals surface area contributed by atoms with Crippen LogP contribution in [0.4, 0.5) is 0 Å². The molecule has 1 fully saturated rings. The van der Waals surface area contributed by atoms with Gasteiger partial charge in [-0.25, -0.2) is 0 Å². The normalized spacial score (nSPS) is 21.1. The van der Waals surface area contributed by atoms with Gasteiger partial charge in [-0.3, -0.25) is 4.79 Å². The Kier molecular flexibility index (Phi) is 7.01. The maximum atomic E-state index is 12.1. The summed E-state index contributed by atoms with van der Waals surface area (Å²) in [5, 5.41) is 3.18. The average molecular weight is 282 g/mol. The SMILES string of the molecule is C[C@H](NC(=O)CC(N)CC(C)(C)C)C1CCCCCC1. The van der Waals surface area contributed by atoms with Crippen LogP contribution in [-0.4, -0.2) is 18.0 Å². The number of rotatable bonds is 5. The van der Waals surface area contributed by atoms with Crippen LogP contribution in [0.25, 0.3) is 0 Å². The predicted octanol–water partition coefficient (Wildman–Crippen LogP) is 3.62. The first-order chi connectivity index (χ1) is 9.28. The van der Waals surface area contributed by atoms with Crippen molar-refractivity contribution in [2.45, 2.75) is 91.1 Å². The third-order valence-electron chi connectivity index (χ3n) is 4.32. The lowest BCUT2D eigenvalue weighted by atomic mass is 9.87. The molecule has 0 aliphatic heterocycles. The first-order valence-electron chi connectivity index (χ1n) is 8.33. The minimum atomic E-state index is -0.0312. The van der Waals surface area contributed by atoms with Crippen molar-refractivity contribution < 1.29 is 4.79 Å². The Labute approximate surface area is 125 Å². The van der Waals surface area contributed by atoms with Crippen LogP contribution in [0.2, 0.25) is 0 Å². The average Bonchev–Trinajstić information content (AvgIpc) is 2.53.